The molecule has 2 heterocycles. The molecule has 2 aliphatic rings. The van der Waals surface area contributed by atoms with Crippen molar-refractivity contribution in [1.82, 2.24) is 4.90 Å². The molecule has 1 fully saturated rings. The summed E-state index contributed by atoms with van der Waals surface area (Å²) in [7, 11) is 3.02. The SMILES string of the molecule is COc1ccc(COC(=O)c2ccc(COC(=O)C3=C(COC(C)=O)CSC4C(OC)C(=O)N34)cc2)cc1. The molecule has 0 aliphatic carbocycles. The summed E-state index contributed by atoms with van der Waals surface area (Å²) in [5.74, 6) is -0.938. The highest BCUT2D eigenvalue weighted by atomic mass is 32.2. The van der Waals surface area contributed by atoms with Crippen molar-refractivity contribution in [2.75, 3.05) is 26.6 Å². The fourth-order valence-electron chi connectivity index (χ4n) is 3.93. The molecule has 0 saturated carbocycles. The molecule has 2 atom stereocenters. The van der Waals surface area contributed by atoms with Gasteiger partial charge in [0.1, 0.15) is 36.6 Å². The first kappa shape index (κ1) is 27.2. The van der Waals surface area contributed by atoms with E-state index in [1.165, 1.54) is 30.7 Å². The average Bonchev–Trinajstić information content (AvgIpc) is 2.93. The number of amides is 1. The summed E-state index contributed by atoms with van der Waals surface area (Å²) in [6.07, 6.45) is -0.643. The topological polar surface area (TPSA) is 118 Å². The first-order chi connectivity index (χ1) is 18.3. The largest absolute Gasteiger partial charge is 0.497 e. The van der Waals surface area contributed by atoms with Crippen LogP contribution in [0.3, 0.4) is 0 Å². The van der Waals surface area contributed by atoms with Crippen molar-refractivity contribution in [2.45, 2.75) is 31.6 Å². The number of methoxy groups -OCH3 is 2. The van der Waals surface area contributed by atoms with E-state index >= 15 is 0 Å². The molecule has 10 nitrogen and oxygen atoms in total. The van der Waals surface area contributed by atoms with E-state index in [4.69, 9.17) is 23.7 Å². The van der Waals surface area contributed by atoms with E-state index in [0.29, 0.717) is 28.2 Å². The molecule has 2 unspecified atom stereocenters. The van der Waals surface area contributed by atoms with Crippen LogP contribution in [-0.2, 0) is 46.5 Å². The zero-order valence-electron chi connectivity index (χ0n) is 21.1. The van der Waals surface area contributed by atoms with Gasteiger partial charge in [-0.1, -0.05) is 24.3 Å². The fourth-order valence-corrected chi connectivity index (χ4v) is 5.28. The number of hydrogen-bond donors (Lipinski definition) is 0. The lowest BCUT2D eigenvalue weighted by atomic mass is 10.1. The van der Waals surface area contributed by atoms with Crippen LogP contribution < -0.4 is 4.74 Å². The van der Waals surface area contributed by atoms with Gasteiger partial charge >= 0.3 is 17.9 Å². The Kier molecular flexibility index (Phi) is 8.70. The number of benzene rings is 2. The maximum atomic E-state index is 13.0. The van der Waals surface area contributed by atoms with E-state index in [1.807, 2.05) is 12.1 Å². The summed E-state index contributed by atoms with van der Waals surface area (Å²) < 4.78 is 26.3. The first-order valence-electron chi connectivity index (χ1n) is 11.7. The molecule has 0 spiro atoms. The van der Waals surface area contributed by atoms with Gasteiger partial charge in [-0.05, 0) is 35.4 Å². The van der Waals surface area contributed by atoms with Crippen molar-refractivity contribution in [1.29, 1.82) is 0 Å². The predicted molar refractivity (Wildman–Crippen MR) is 136 cm³/mol. The van der Waals surface area contributed by atoms with Crippen LogP contribution in [0.15, 0.2) is 59.8 Å². The van der Waals surface area contributed by atoms with Gasteiger partial charge in [0, 0.05) is 25.4 Å². The Morgan fingerprint density at radius 2 is 1.47 bits per heavy atom. The fraction of sp³-hybridized carbons (Fsp3) is 0.333. The molecule has 200 valence electrons. The zero-order valence-corrected chi connectivity index (χ0v) is 21.9. The molecular formula is C27H27NO9S. The number of carbonyl (C=O) groups is 4. The molecule has 38 heavy (non-hydrogen) atoms. The van der Waals surface area contributed by atoms with Crippen molar-refractivity contribution in [2.24, 2.45) is 0 Å². The third-order valence-corrected chi connectivity index (χ3v) is 7.30. The van der Waals surface area contributed by atoms with E-state index in [2.05, 4.69) is 0 Å². The maximum Gasteiger partial charge on any atom is 0.355 e. The van der Waals surface area contributed by atoms with Gasteiger partial charge in [-0.25, -0.2) is 9.59 Å². The Bertz CT molecular complexity index is 1240. The third kappa shape index (κ3) is 6.00. The quantitative estimate of drug-likeness (QED) is 0.252. The number of carbonyl (C=O) groups excluding carboxylic acids is 4. The second-order valence-corrected chi connectivity index (χ2v) is 9.60. The molecule has 0 N–H and O–H groups in total. The summed E-state index contributed by atoms with van der Waals surface area (Å²) in [5.41, 5.74) is 2.38. The van der Waals surface area contributed by atoms with Crippen LogP contribution in [0.5, 0.6) is 5.75 Å². The normalized spacial score (nSPS) is 18.3. The summed E-state index contributed by atoms with van der Waals surface area (Å²) in [4.78, 5) is 50.7. The van der Waals surface area contributed by atoms with Crippen molar-refractivity contribution >= 4 is 35.6 Å². The van der Waals surface area contributed by atoms with Crippen molar-refractivity contribution in [3.05, 3.63) is 76.5 Å². The lowest BCUT2D eigenvalue weighted by molar-refractivity contribution is -0.163. The summed E-state index contributed by atoms with van der Waals surface area (Å²) in [6, 6.07) is 13.7. The maximum absolute atomic E-state index is 13.0. The number of ether oxygens (including phenoxy) is 5. The Labute approximate surface area is 223 Å². The second-order valence-electron chi connectivity index (χ2n) is 8.50. The minimum atomic E-state index is -0.705. The Morgan fingerprint density at radius 1 is 0.868 bits per heavy atom. The average molecular weight is 542 g/mol. The molecule has 1 amide bonds. The number of hydrogen-bond acceptors (Lipinski definition) is 10. The van der Waals surface area contributed by atoms with Gasteiger partial charge in [0.05, 0.1) is 12.7 Å². The monoisotopic (exact) mass is 541 g/mol. The minimum Gasteiger partial charge on any atom is -0.497 e. The number of thioether (sulfide) groups is 1. The number of fused-ring (bicyclic) bond motifs is 1. The third-order valence-electron chi connectivity index (χ3n) is 5.98. The van der Waals surface area contributed by atoms with Gasteiger partial charge in [-0.2, -0.15) is 0 Å². The van der Waals surface area contributed by atoms with E-state index in [9.17, 15) is 19.2 Å². The van der Waals surface area contributed by atoms with E-state index in [0.717, 1.165) is 5.56 Å². The van der Waals surface area contributed by atoms with E-state index < -0.39 is 24.0 Å². The molecule has 11 heteroatoms. The van der Waals surface area contributed by atoms with Gasteiger partial charge in [-0.3, -0.25) is 14.5 Å². The van der Waals surface area contributed by atoms with Gasteiger partial charge in [0.25, 0.3) is 5.91 Å². The van der Waals surface area contributed by atoms with Crippen LogP contribution in [0.4, 0.5) is 0 Å². The van der Waals surface area contributed by atoms with Crippen LogP contribution in [-0.4, -0.2) is 66.8 Å². The smallest absolute Gasteiger partial charge is 0.355 e. The lowest BCUT2D eigenvalue weighted by Crippen LogP contribution is -2.65. The minimum absolute atomic E-state index is 0.0760. The Morgan fingerprint density at radius 3 is 2.05 bits per heavy atom. The molecule has 4 rings (SSSR count). The molecule has 0 aromatic heterocycles. The Hall–Kier alpha value is -3.83. The highest BCUT2D eigenvalue weighted by Gasteiger charge is 2.54. The summed E-state index contributed by atoms with van der Waals surface area (Å²) in [6.45, 7) is 1.18. The number of β-lactam (4-membered cyclic amide) rings is 1. The molecular weight excluding hydrogens is 514 g/mol. The molecule has 2 aromatic rings. The van der Waals surface area contributed by atoms with Crippen LogP contribution in [0.25, 0.3) is 0 Å². The highest BCUT2D eigenvalue weighted by Crippen LogP contribution is 2.41. The van der Waals surface area contributed by atoms with Gasteiger partial charge in [0.2, 0.25) is 0 Å². The molecule has 0 radical (unpaired) electrons. The van der Waals surface area contributed by atoms with Crippen molar-refractivity contribution < 1.29 is 42.9 Å². The van der Waals surface area contributed by atoms with Gasteiger partial charge in [0.15, 0.2) is 6.10 Å². The van der Waals surface area contributed by atoms with E-state index in [-0.39, 0.29) is 36.8 Å². The molecule has 2 aromatic carbocycles. The molecule has 0 bridgehead atoms. The van der Waals surface area contributed by atoms with Crippen LogP contribution >= 0.6 is 11.8 Å². The summed E-state index contributed by atoms with van der Waals surface area (Å²) in [5, 5.41) is -0.348. The van der Waals surface area contributed by atoms with E-state index in [1.54, 1.807) is 43.5 Å². The van der Waals surface area contributed by atoms with Gasteiger partial charge in [-0.15, -0.1) is 11.8 Å². The number of nitrogens with zero attached hydrogens (tertiary/aromatic N) is 1. The standard InChI is InChI=1S/C27H27NO9S/c1-16(29)35-14-20-15-38-25-23(34-3)24(30)28(25)22(20)27(32)37-13-17-4-8-19(9-5-17)26(31)36-12-18-6-10-21(33-2)11-7-18/h4-11,23,25H,12-15H2,1-3H3. The molecule has 2 aliphatic heterocycles. The Balaban J connectivity index is 1.36. The van der Waals surface area contributed by atoms with Crippen LogP contribution in [0.1, 0.15) is 28.4 Å². The van der Waals surface area contributed by atoms with Crippen molar-refractivity contribution in [3.8, 4) is 5.75 Å². The predicted octanol–water partition coefficient (Wildman–Crippen LogP) is 2.84. The lowest BCUT2D eigenvalue weighted by Gasteiger charge is -2.48. The summed E-state index contributed by atoms with van der Waals surface area (Å²) >= 11 is 1.43. The van der Waals surface area contributed by atoms with Gasteiger partial charge < -0.3 is 23.7 Å². The highest BCUT2D eigenvalue weighted by molar-refractivity contribution is 8.00. The zero-order chi connectivity index (χ0) is 27.2. The van der Waals surface area contributed by atoms with Crippen LogP contribution in [0.2, 0.25) is 0 Å². The number of rotatable bonds is 10. The number of esters is 3. The molecule has 1 saturated heterocycles. The second kappa shape index (κ2) is 12.1. The van der Waals surface area contributed by atoms with Crippen molar-refractivity contribution in [3.63, 3.8) is 0 Å². The first-order valence-corrected chi connectivity index (χ1v) is 12.8. The van der Waals surface area contributed by atoms with Crippen LogP contribution in [0, 0.1) is 0 Å².